The molecule has 1 amide bonds. The van der Waals surface area contributed by atoms with Crippen molar-refractivity contribution in [1.82, 2.24) is 9.80 Å². The Morgan fingerprint density at radius 1 is 1.00 bits per heavy atom. The van der Waals surface area contributed by atoms with Crippen LogP contribution >= 0.6 is 0 Å². The second kappa shape index (κ2) is 7.00. The highest BCUT2D eigenvalue weighted by Gasteiger charge is 2.47. The van der Waals surface area contributed by atoms with E-state index in [4.69, 9.17) is 4.74 Å². The zero-order valence-electron chi connectivity index (χ0n) is 14.0. The third-order valence-corrected chi connectivity index (χ3v) is 4.70. The second-order valence-corrected chi connectivity index (χ2v) is 6.46. The Balaban J connectivity index is 1.39. The number of carbonyl (C=O) groups is 1. The van der Waals surface area contributed by atoms with Gasteiger partial charge in [0.2, 0.25) is 0 Å². The summed E-state index contributed by atoms with van der Waals surface area (Å²) in [5.41, 5.74) is 2.24. The molecule has 126 valence electrons. The fourth-order valence-electron chi connectivity index (χ4n) is 3.48. The first-order chi connectivity index (χ1) is 12.3. The van der Waals surface area contributed by atoms with Gasteiger partial charge in [-0.1, -0.05) is 60.4 Å². The third-order valence-electron chi connectivity index (χ3n) is 4.70. The van der Waals surface area contributed by atoms with Crippen molar-refractivity contribution in [3.8, 4) is 11.8 Å². The summed E-state index contributed by atoms with van der Waals surface area (Å²) in [4.78, 5) is 16.2. The molecule has 0 aromatic heterocycles. The van der Waals surface area contributed by atoms with E-state index in [1.54, 1.807) is 4.90 Å². The van der Waals surface area contributed by atoms with Gasteiger partial charge in [-0.05, 0) is 17.7 Å². The van der Waals surface area contributed by atoms with E-state index in [9.17, 15) is 4.79 Å². The Morgan fingerprint density at radius 3 is 2.48 bits per heavy atom. The van der Waals surface area contributed by atoms with E-state index in [1.807, 2.05) is 36.4 Å². The molecule has 2 saturated heterocycles. The van der Waals surface area contributed by atoms with E-state index in [1.165, 1.54) is 5.56 Å². The molecule has 2 aliphatic heterocycles. The van der Waals surface area contributed by atoms with Crippen LogP contribution in [0.25, 0.3) is 0 Å². The zero-order chi connectivity index (χ0) is 17.1. The fourth-order valence-corrected chi connectivity index (χ4v) is 3.48. The van der Waals surface area contributed by atoms with E-state index in [0.29, 0.717) is 6.54 Å². The molecule has 0 radical (unpaired) electrons. The van der Waals surface area contributed by atoms with Crippen LogP contribution in [0.3, 0.4) is 0 Å². The lowest BCUT2D eigenvalue weighted by Gasteiger charge is -2.20. The molecule has 4 rings (SSSR count). The SMILES string of the molecule is O=C1OC2CN(Cc3ccccc3)CC2N1CC#Cc1ccccc1. The maximum atomic E-state index is 12.1. The number of hydrogen-bond acceptors (Lipinski definition) is 3. The van der Waals surface area contributed by atoms with Crippen molar-refractivity contribution in [1.29, 1.82) is 0 Å². The van der Waals surface area contributed by atoms with Crippen molar-refractivity contribution in [3.05, 3.63) is 71.8 Å². The first-order valence-corrected chi connectivity index (χ1v) is 8.57. The Morgan fingerprint density at radius 2 is 1.72 bits per heavy atom. The van der Waals surface area contributed by atoms with Gasteiger partial charge in [-0.25, -0.2) is 4.79 Å². The number of carbonyl (C=O) groups excluding carboxylic acids is 1. The number of nitrogens with zero attached hydrogens (tertiary/aromatic N) is 2. The summed E-state index contributed by atoms with van der Waals surface area (Å²) < 4.78 is 5.55. The summed E-state index contributed by atoms with van der Waals surface area (Å²) >= 11 is 0. The van der Waals surface area contributed by atoms with Gasteiger partial charge in [-0.15, -0.1) is 0 Å². The predicted molar refractivity (Wildman–Crippen MR) is 95.8 cm³/mol. The number of ether oxygens (including phenoxy) is 1. The minimum Gasteiger partial charge on any atom is -0.442 e. The molecule has 2 unspecified atom stereocenters. The van der Waals surface area contributed by atoms with Gasteiger partial charge in [0.25, 0.3) is 0 Å². The average molecular weight is 332 g/mol. The van der Waals surface area contributed by atoms with Gasteiger partial charge in [0.15, 0.2) is 0 Å². The highest BCUT2D eigenvalue weighted by molar-refractivity contribution is 5.71. The molecule has 2 atom stereocenters. The Bertz CT molecular complexity index is 795. The lowest BCUT2D eigenvalue weighted by molar-refractivity contribution is 0.121. The Hall–Kier alpha value is -2.77. The largest absolute Gasteiger partial charge is 0.442 e. The summed E-state index contributed by atoms with van der Waals surface area (Å²) in [6.45, 7) is 2.91. The van der Waals surface area contributed by atoms with Crippen LogP contribution in [0.5, 0.6) is 0 Å². The summed E-state index contributed by atoms with van der Waals surface area (Å²) in [6, 6.07) is 20.3. The molecule has 2 fully saturated rings. The molecule has 0 N–H and O–H groups in total. The van der Waals surface area contributed by atoms with E-state index < -0.39 is 0 Å². The molecule has 2 heterocycles. The molecule has 2 aromatic carbocycles. The lowest BCUT2D eigenvalue weighted by Crippen LogP contribution is -2.38. The van der Waals surface area contributed by atoms with Gasteiger partial charge in [0.05, 0.1) is 12.6 Å². The van der Waals surface area contributed by atoms with Crippen LogP contribution in [0.4, 0.5) is 4.79 Å². The molecule has 4 heteroatoms. The second-order valence-electron chi connectivity index (χ2n) is 6.46. The van der Waals surface area contributed by atoms with Gasteiger partial charge >= 0.3 is 6.09 Å². The molecule has 25 heavy (non-hydrogen) atoms. The average Bonchev–Trinajstić information content (AvgIpc) is 3.14. The summed E-state index contributed by atoms with van der Waals surface area (Å²) in [7, 11) is 0. The summed E-state index contributed by atoms with van der Waals surface area (Å²) in [5.74, 6) is 6.22. The Kier molecular flexibility index (Phi) is 4.41. The quantitative estimate of drug-likeness (QED) is 0.810. The van der Waals surface area contributed by atoms with Crippen molar-refractivity contribution >= 4 is 6.09 Å². The minimum atomic E-state index is -0.239. The summed E-state index contributed by atoms with van der Waals surface area (Å²) in [5, 5.41) is 0. The fraction of sp³-hybridized carbons (Fsp3) is 0.286. The molecular weight excluding hydrogens is 312 g/mol. The van der Waals surface area contributed by atoms with Crippen LogP contribution in [0.2, 0.25) is 0 Å². The zero-order valence-corrected chi connectivity index (χ0v) is 14.0. The number of likely N-dealkylation sites (tertiary alicyclic amines) is 1. The number of amides is 1. The number of rotatable bonds is 3. The van der Waals surface area contributed by atoms with Crippen molar-refractivity contribution in [2.75, 3.05) is 19.6 Å². The number of hydrogen-bond donors (Lipinski definition) is 0. The van der Waals surface area contributed by atoms with Crippen molar-refractivity contribution in [2.45, 2.75) is 18.7 Å². The van der Waals surface area contributed by atoms with Crippen LogP contribution in [-0.2, 0) is 11.3 Å². The molecule has 2 aromatic rings. The van der Waals surface area contributed by atoms with Gasteiger partial charge in [0, 0.05) is 25.2 Å². The first kappa shape index (κ1) is 15.7. The highest BCUT2D eigenvalue weighted by Crippen LogP contribution is 2.27. The molecule has 0 saturated carbocycles. The normalized spacial score (nSPS) is 22.2. The molecule has 2 aliphatic rings. The number of fused-ring (bicyclic) bond motifs is 1. The number of benzene rings is 2. The highest BCUT2D eigenvalue weighted by atomic mass is 16.6. The summed E-state index contributed by atoms with van der Waals surface area (Å²) in [6.07, 6.45) is -0.286. The Labute approximate surface area is 148 Å². The molecule has 0 spiro atoms. The van der Waals surface area contributed by atoms with E-state index >= 15 is 0 Å². The van der Waals surface area contributed by atoms with E-state index in [0.717, 1.165) is 25.2 Å². The van der Waals surface area contributed by atoms with Gasteiger partial charge < -0.3 is 4.74 Å². The van der Waals surface area contributed by atoms with Crippen LogP contribution in [0.1, 0.15) is 11.1 Å². The van der Waals surface area contributed by atoms with Crippen LogP contribution in [0, 0.1) is 11.8 Å². The third kappa shape index (κ3) is 3.52. The van der Waals surface area contributed by atoms with Crippen LogP contribution in [-0.4, -0.2) is 47.7 Å². The van der Waals surface area contributed by atoms with Gasteiger partial charge in [-0.3, -0.25) is 9.80 Å². The smallest absolute Gasteiger partial charge is 0.411 e. The molecular formula is C21H20N2O2. The monoisotopic (exact) mass is 332 g/mol. The van der Waals surface area contributed by atoms with Crippen molar-refractivity contribution in [2.24, 2.45) is 0 Å². The van der Waals surface area contributed by atoms with Crippen LogP contribution in [0.15, 0.2) is 60.7 Å². The minimum absolute atomic E-state index is 0.0465. The lowest BCUT2D eigenvalue weighted by atomic mass is 10.2. The standard InChI is InChI=1S/C21H20N2O2/c24-21-23(13-7-12-17-8-3-1-4-9-17)19-15-22(16-20(19)25-21)14-18-10-5-2-6-11-18/h1-6,8-11,19-20H,13-16H2. The van der Waals surface area contributed by atoms with Crippen molar-refractivity contribution in [3.63, 3.8) is 0 Å². The maximum absolute atomic E-state index is 12.1. The first-order valence-electron chi connectivity index (χ1n) is 8.57. The van der Waals surface area contributed by atoms with Gasteiger partial charge in [-0.2, -0.15) is 0 Å². The van der Waals surface area contributed by atoms with Crippen molar-refractivity contribution < 1.29 is 9.53 Å². The molecule has 4 nitrogen and oxygen atoms in total. The maximum Gasteiger partial charge on any atom is 0.411 e. The van der Waals surface area contributed by atoms with Gasteiger partial charge in [0.1, 0.15) is 6.10 Å². The van der Waals surface area contributed by atoms with E-state index in [2.05, 4.69) is 41.0 Å². The molecule has 0 bridgehead atoms. The topological polar surface area (TPSA) is 32.8 Å². The molecule has 0 aliphatic carbocycles. The van der Waals surface area contributed by atoms with E-state index in [-0.39, 0.29) is 18.2 Å². The predicted octanol–water partition coefficient (Wildman–Crippen LogP) is 2.74. The van der Waals surface area contributed by atoms with Crippen LogP contribution < -0.4 is 0 Å².